The molecule has 0 aliphatic rings. The summed E-state index contributed by atoms with van der Waals surface area (Å²) < 4.78 is 5.02. The van der Waals surface area contributed by atoms with E-state index in [0.717, 1.165) is 0 Å². The fraction of sp³-hybridized carbons (Fsp3) is 0.182. The number of ketones is 1. The number of benzene rings is 1. The first-order valence-corrected chi connectivity index (χ1v) is 4.37. The lowest BCUT2D eigenvalue weighted by molar-refractivity contribution is 0.0995. The van der Waals surface area contributed by atoms with Crippen molar-refractivity contribution in [1.29, 1.82) is 0 Å². The largest absolute Gasteiger partial charge is 0.496 e. The summed E-state index contributed by atoms with van der Waals surface area (Å²) in [4.78, 5) is 11.5. The Labute approximate surface area is 87.8 Å². The van der Waals surface area contributed by atoms with Crippen LogP contribution in [0.2, 0.25) is 5.02 Å². The topological polar surface area (TPSA) is 26.3 Å². The molecule has 0 unspecified atom stereocenters. The smallest absolute Gasteiger partial charge is 0.178 e. The number of carbonyl (C=O) groups excluding carboxylic acids is 1. The number of hydrogen-bond donors (Lipinski definition) is 0. The van der Waals surface area contributed by atoms with Gasteiger partial charge in [0.15, 0.2) is 5.78 Å². The summed E-state index contributed by atoms with van der Waals surface area (Å²) >= 11 is 5.75. The van der Waals surface area contributed by atoms with Crippen LogP contribution in [0.5, 0.6) is 5.75 Å². The van der Waals surface area contributed by atoms with Gasteiger partial charge < -0.3 is 4.74 Å². The first-order chi connectivity index (χ1) is 6.69. The number of rotatable bonds is 3. The number of halogens is 1. The van der Waals surface area contributed by atoms with Crippen molar-refractivity contribution in [2.75, 3.05) is 7.11 Å². The Kier molecular flexibility index (Phi) is 3.55. The van der Waals surface area contributed by atoms with Gasteiger partial charge in [-0.2, -0.15) is 0 Å². The number of ether oxygens (including phenoxy) is 1. The van der Waals surface area contributed by atoms with E-state index in [1.54, 1.807) is 18.2 Å². The summed E-state index contributed by atoms with van der Waals surface area (Å²) in [6.45, 7) is 0. The van der Waals surface area contributed by atoms with Crippen molar-refractivity contribution < 1.29 is 9.53 Å². The average Bonchev–Trinajstić information content (AvgIpc) is 2.17. The van der Waals surface area contributed by atoms with Crippen LogP contribution in [0.4, 0.5) is 0 Å². The second kappa shape index (κ2) is 4.69. The highest BCUT2D eigenvalue weighted by Gasteiger charge is 2.10. The van der Waals surface area contributed by atoms with Crippen LogP contribution in [0.15, 0.2) is 18.2 Å². The second-order valence-corrected chi connectivity index (χ2v) is 3.09. The average molecular weight is 209 g/mol. The van der Waals surface area contributed by atoms with E-state index in [1.807, 2.05) is 0 Å². The minimum atomic E-state index is -0.138. The number of carbonyl (C=O) groups is 1. The molecule has 0 heterocycles. The van der Waals surface area contributed by atoms with Gasteiger partial charge in [-0.05, 0) is 18.2 Å². The van der Waals surface area contributed by atoms with Crippen LogP contribution in [0, 0.1) is 12.3 Å². The molecule has 0 spiro atoms. The third-order valence-electron chi connectivity index (χ3n) is 1.73. The lowest BCUT2D eigenvalue weighted by atomic mass is 10.1. The Bertz CT molecular complexity index is 391. The van der Waals surface area contributed by atoms with Crippen molar-refractivity contribution in [2.45, 2.75) is 6.42 Å². The van der Waals surface area contributed by atoms with Crippen molar-refractivity contribution in [2.24, 2.45) is 0 Å². The van der Waals surface area contributed by atoms with E-state index in [2.05, 4.69) is 5.92 Å². The number of Topliss-reactive ketones (excluding diaryl/α,β-unsaturated/α-hetero) is 1. The molecule has 0 saturated carbocycles. The maximum Gasteiger partial charge on any atom is 0.178 e. The van der Waals surface area contributed by atoms with Gasteiger partial charge in [0.05, 0.1) is 19.1 Å². The Morgan fingerprint density at radius 1 is 1.64 bits per heavy atom. The molecule has 2 nitrogen and oxygen atoms in total. The molecule has 0 aliphatic heterocycles. The van der Waals surface area contributed by atoms with Crippen LogP contribution < -0.4 is 4.74 Å². The van der Waals surface area contributed by atoms with Crippen LogP contribution in [0.1, 0.15) is 16.8 Å². The molecule has 1 aromatic rings. The van der Waals surface area contributed by atoms with E-state index in [0.29, 0.717) is 16.3 Å². The highest BCUT2D eigenvalue weighted by atomic mass is 35.5. The van der Waals surface area contributed by atoms with Crippen LogP contribution in [-0.2, 0) is 0 Å². The molecule has 0 aliphatic carbocycles. The highest BCUT2D eigenvalue weighted by Crippen LogP contribution is 2.23. The van der Waals surface area contributed by atoms with Gasteiger partial charge in [-0.1, -0.05) is 17.5 Å². The van der Waals surface area contributed by atoms with Gasteiger partial charge in [-0.15, -0.1) is 6.42 Å². The maximum absolute atomic E-state index is 11.5. The molecular formula is C11H9ClO2. The predicted octanol–water partition coefficient (Wildman–Crippen LogP) is 2.55. The molecule has 0 fully saturated rings. The molecule has 0 amide bonds. The van der Waals surface area contributed by atoms with Crippen molar-refractivity contribution >= 4 is 17.4 Å². The van der Waals surface area contributed by atoms with Gasteiger partial charge in [0, 0.05) is 5.02 Å². The van der Waals surface area contributed by atoms with Gasteiger partial charge >= 0.3 is 0 Å². The van der Waals surface area contributed by atoms with E-state index in [-0.39, 0.29) is 12.2 Å². The van der Waals surface area contributed by atoms with E-state index in [4.69, 9.17) is 22.8 Å². The molecule has 0 aromatic heterocycles. The van der Waals surface area contributed by atoms with Crippen molar-refractivity contribution in [1.82, 2.24) is 0 Å². The van der Waals surface area contributed by atoms with Crippen LogP contribution in [0.3, 0.4) is 0 Å². The predicted molar refractivity (Wildman–Crippen MR) is 55.8 cm³/mol. The molecule has 0 radical (unpaired) electrons. The lowest BCUT2D eigenvalue weighted by Gasteiger charge is -2.06. The van der Waals surface area contributed by atoms with Crippen LogP contribution in [-0.4, -0.2) is 12.9 Å². The minimum Gasteiger partial charge on any atom is -0.496 e. The van der Waals surface area contributed by atoms with E-state index in [9.17, 15) is 4.79 Å². The highest BCUT2D eigenvalue weighted by molar-refractivity contribution is 6.30. The Balaban J connectivity index is 3.09. The first kappa shape index (κ1) is 10.6. The van der Waals surface area contributed by atoms with Gasteiger partial charge in [-0.3, -0.25) is 4.79 Å². The van der Waals surface area contributed by atoms with Crippen molar-refractivity contribution in [3.63, 3.8) is 0 Å². The summed E-state index contributed by atoms with van der Waals surface area (Å²) in [5, 5.41) is 0.527. The number of methoxy groups -OCH3 is 1. The Morgan fingerprint density at radius 3 is 2.93 bits per heavy atom. The van der Waals surface area contributed by atoms with Crippen molar-refractivity contribution in [3.05, 3.63) is 28.8 Å². The quantitative estimate of drug-likeness (QED) is 0.564. The zero-order valence-corrected chi connectivity index (χ0v) is 8.47. The molecule has 0 atom stereocenters. The van der Waals surface area contributed by atoms with E-state index in [1.165, 1.54) is 7.11 Å². The standard InChI is InChI=1S/C11H9ClO2/c1-3-4-10(13)9-6-5-8(12)7-11(9)14-2/h1,5-7H,4H2,2H3. The molecule has 0 N–H and O–H groups in total. The van der Waals surface area contributed by atoms with Crippen LogP contribution >= 0.6 is 11.6 Å². The van der Waals surface area contributed by atoms with Crippen molar-refractivity contribution in [3.8, 4) is 18.1 Å². The second-order valence-electron chi connectivity index (χ2n) is 2.65. The SMILES string of the molecule is C#CCC(=O)c1ccc(Cl)cc1OC. The summed E-state index contributed by atoms with van der Waals surface area (Å²) in [7, 11) is 1.48. The molecule has 1 aromatic carbocycles. The van der Waals surface area contributed by atoms with Gasteiger partial charge in [0.25, 0.3) is 0 Å². The van der Waals surface area contributed by atoms with Crippen LogP contribution in [0.25, 0.3) is 0 Å². The zero-order chi connectivity index (χ0) is 10.6. The van der Waals surface area contributed by atoms with Gasteiger partial charge in [0.1, 0.15) is 5.75 Å². The fourth-order valence-corrected chi connectivity index (χ4v) is 1.25. The monoisotopic (exact) mass is 208 g/mol. The maximum atomic E-state index is 11.5. The molecule has 0 saturated heterocycles. The summed E-state index contributed by atoms with van der Waals surface area (Å²) in [6, 6.07) is 4.83. The zero-order valence-electron chi connectivity index (χ0n) is 7.71. The lowest BCUT2D eigenvalue weighted by Crippen LogP contribution is -2.00. The molecular weight excluding hydrogens is 200 g/mol. The minimum absolute atomic E-state index is 0.0675. The molecule has 3 heteroatoms. The molecule has 72 valence electrons. The third kappa shape index (κ3) is 2.27. The first-order valence-electron chi connectivity index (χ1n) is 3.99. The fourth-order valence-electron chi connectivity index (χ4n) is 1.08. The van der Waals surface area contributed by atoms with Gasteiger partial charge in [-0.25, -0.2) is 0 Å². The number of terminal acetylenes is 1. The normalized spacial score (nSPS) is 9.21. The molecule has 1 rings (SSSR count). The summed E-state index contributed by atoms with van der Waals surface area (Å²) in [5.41, 5.74) is 0.467. The number of hydrogen-bond acceptors (Lipinski definition) is 2. The Hall–Kier alpha value is -1.46. The van der Waals surface area contributed by atoms with E-state index < -0.39 is 0 Å². The van der Waals surface area contributed by atoms with E-state index >= 15 is 0 Å². The molecule has 0 bridgehead atoms. The molecule has 14 heavy (non-hydrogen) atoms. The summed E-state index contributed by atoms with van der Waals surface area (Å²) in [5.74, 6) is 2.61. The summed E-state index contributed by atoms with van der Waals surface area (Å²) in [6.07, 6.45) is 5.12. The van der Waals surface area contributed by atoms with Gasteiger partial charge in [0.2, 0.25) is 0 Å². The Morgan fingerprint density at radius 2 is 2.36 bits per heavy atom. The third-order valence-corrected chi connectivity index (χ3v) is 1.96.